The molecular weight excluding hydrogens is 166 g/mol. The fourth-order valence-corrected chi connectivity index (χ4v) is 1.75. The van der Waals surface area contributed by atoms with Crippen LogP contribution in [-0.4, -0.2) is 6.04 Å². The molecular formula is C10H13NS. The van der Waals surface area contributed by atoms with E-state index in [4.69, 9.17) is 6.42 Å². The molecule has 2 heteroatoms. The molecule has 1 nitrogen and oxygen atoms in total. The second kappa shape index (κ2) is 4.18. The lowest BCUT2D eigenvalue weighted by Gasteiger charge is -2.11. The van der Waals surface area contributed by atoms with Crippen molar-refractivity contribution in [3.63, 3.8) is 0 Å². The van der Waals surface area contributed by atoms with Crippen LogP contribution in [-0.2, 0) is 0 Å². The maximum absolute atomic E-state index is 5.34. The van der Waals surface area contributed by atoms with Crippen LogP contribution in [0, 0.1) is 19.3 Å². The van der Waals surface area contributed by atoms with Gasteiger partial charge in [-0.05, 0) is 24.3 Å². The van der Waals surface area contributed by atoms with E-state index < -0.39 is 0 Å². The number of aryl methyl sites for hydroxylation is 1. The van der Waals surface area contributed by atoms with E-state index in [-0.39, 0.29) is 6.04 Å². The van der Waals surface area contributed by atoms with Gasteiger partial charge in [-0.1, -0.05) is 12.8 Å². The van der Waals surface area contributed by atoms with Gasteiger partial charge in [0.2, 0.25) is 0 Å². The number of thiophene rings is 1. The molecule has 0 saturated heterocycles. The molecule has 0 saturated carbocycles. The van der Waals surface area contributed by atoms with Crippen molar-refractivity contribution in [1.82, 2.24) is 0 Å². The minimum absolute atomic E-state index is 0.165. The van der Waals surface area contributed by atoms with Crippen LogP contribution in [0.3, 0.4) is 0 Å². The molecule has 0 radical (unpaired) electrons. The van der Waals surface area contributed by atoms with Crippen molar-refractivity contribution in [2.45, 2.75) is 26.3 Å². The molecule has 1 unspecified atom stereocenters. The van der Waals surface area contributed by atoms with E-state index in [0.29, 0.717) is 0 Å². The van der Waals surface area contributed by atoms with Crippen molar-refractivity contribution in [3.8, 4) is 12.3 Å². The summed E-state index contributed by atoms with van der Waals surface area (Å²) in [6, 6.07) is 0.165. The van der Waals surface area contributed by atoms with E-state index in [1.165, 1.54) is 11.3 Å². The van der Waals surface area contributed by atoms with Gasteiger partial charge in [0, 0.05) is 11.1 Å². The minimum atomic E-state index is 0.165. The van der Waals surface area contributed by atoms with Crippen LogP contribution in [0.2, 0.25) is 0 Å². The van der Waals surface area contributed by atoms with Gasteiger partial charge in [0.25, 0.3) is 0 Å². The molecule has 0 aliphatic carbocycles. The molecule has 1 aromatic rings. The fourth-order valence-electron chi connectivity index (χ4n) is 0.958. The van der Waals surface area contributed by atoms with Gasteiger partial charge in [0.1, 0.15) is 0 Å². The monoisotopic (exact) mass is 179 g/mol. The van der Waals surface area contributed by atoms with Crippen molar-refractivity contribution in [3.05, 3.63) is 16.3 Å². The van der Waals surface area contributed by atoms with Crippen LogP contribution in [0.5, 0.6) is 0 Å². The molecule has 1 atom stereocenters. The van der Waals surface area contributed by atoms with Gasteiger partial charge in [-0.25, -0.2) is 0 Å². The highest BCUT2D eigenvalue weighted by molar-refractivity contribution is 7.08. The summed E-state index contributed by atoms with van der Waals surface area (Å²) in [7, 11) is 0. The van der Waals surface area contributed by atoms with E-state index >= 15 is 0 Å². The summed E-state index contributed by atoms with van der Waals surface area (Å²) < 4.78 is 0. The lowest BCUT2D eigenvalue weighted by molar-refractivity contribution is 0.857. The molecule has 12 heavy (non-hydrogen) atoms. The second-order valence-electron chi connectivity index (χ2n) is 2.74. The third kappa shape index (κ3) is 2.02. The Morgan fingerprint density at radius 2 is 2.42 bits per heavy atom. The Morgan fingerprint density at radius 3 is 2.83 bits per heavy atom. The standard InChI is InChI=1S/C10H13NS/c1-4-9(5-2)11-10-7-12-6-8(10)3/h1,6-7,9,11H,5H2,2-3H3. The van der Waals surface area contributed by atoms with Gasteiger partial charge in [-0.15, -0.1) is 17.8 Å². The van der Waals surface area contributed by atoms with Crippen LogP contribution in [0.1, 0.15) is 18.9 Å². The van der Waals surface area contributed by atoms with Crippen molar-refractivity contribution in [2.24, 2.45) is 0 Å². The maximum Gasteiger partial charge on any atom is 0.0871 e. The van der Waals surface area contributed by atoms with Crippen LogP contribution in [0.15, 0.2) is 10.8 Å². The van der Waals surface area contributed by atoms with E-state index in [9.17, 15) is 0 Å². The zero-order valence-electron chi connectivity index (χ0n) is 7.42. The predicted molar refractivity (Wildman–Crippen MR) is 55.6 cm³/mol. The lowest BCUT2D eigenvalue weighted by atomic mass is 10.2. The van der Waals surface area contributed by atoms with Gasteiger partial charge in [-0.2, -0.15) is 0 Å². The Bertz CT molecular complexity index is 282. The summed E-state index contributed by atoms with van der Waals surface area (Å²) in [5, 5.41) is 7.51. The normalized spacial score (nSPS) is 12.1. The molecule has 0 aromatic carbocycles. The number of nitrogens with one attached hydrogen (secondary N) is 1. The molecule has 1 rings (SSSR count). The Labute approximate surface area is 77.8 Å². The van der Waals surface area contributed by atoms with Crippen LogP contribution in [0.25, 0.3) is 0 Å². The first-order valence-corrected chi connectivity index (χ1v) is 4.97. The second-order valence-corrected chi connectivity index (χ2v) is 3.48. The first kappa shape index (κ1) is 9.15. The fraction of sp³-hybridized carbons (Fsp3) is 0.400. The van der Waals surface area contributed by atoms with Gasteiger partial charge in [-0.3, -0.25) is 0 Å². The predicted octanol–water partition coefficient (Wildman–Crippen LogP) is 2.88. The highest BCUT2D eigenvalue weighted by Gasteiger charge is 2.03. The number of terminal acetylenes is 1. The van der Waals surface area contributed by atoms with Crippen LogP contribution >= 0.6 is 11.3 Å². The molecule has 0 fully saturated rings. The minimum Gasteiger partial charge on any atom is -0.371 e. The van der Waals surface area contributed by atoms with Crippen LogP contribution in [0.4, 0.5) is 5.69 Å². The zero-order chi connectivity index (χ0) is 8.97. The molecule has 0 spiro atoms. The van der Waals surface area contributed by atoms with E-state index in [1.807, 2.05) is 0 Å². The molecule has 64 valence electrons. The Morgan fingerprint density at radius 1 is 1.67 bits per heavy atom. The van der Waals surface area contributed by atoms with Crippen molar-refractivity contribution in [2.75, 3.05) is 5.32 Å². The first-order chi connectivity index (χ1) is 5.77. The van der Waals surface area contributed by atoms with Gasteiger partial charge in [0.15, 0.2) is 0 Å². The topological polar surface area (TPSA) is 12.0 Å². The van der Waals surface area contributed by atoms with Crippen molar-refractivity contribution < 1.29 is 0 Å². The number of hydrogen-bond donors (Lipinski definition) is 1. The maximum atomic E-state index is 5.34. The largest absolute Gasteiger partial charge is 0.371 e. The van der Waals surface area contributed by atoms with Crippen LogP contribution < -0.4 is 5.32 Å². The molecule has 0 bridgehead atoms. The smallest absolute Gasteiger partial charge is 0.0871 e. The van der Waals surface area contributed by atoms with Crippen molar-refractivity contribution in [1.29, 1.82) is 0 Å². The third-order valence-corrected chi connectivity index (χ3v) is 2.66. The summed E-state index contributed by atoms with van der Waals surface area (Å²) in [6.07, 6.45) is 6.30. The van der Waals surface area contributed by atoms with E-state index in [2.05, 4.69) is 35.8 Å². The van der Waals surface area contributed by atoms with Gasteiger partial charge in [0.05, 0.1) is 6.04 Å². The SMILES string of the molecule is C#CC(CC)Nc1cscc1C. The molecule has 0 aliphatic heterocycles. The van der Waals surface area contributed by atoms with E-state index in [1.54, 1.807) is 11.3 Å². The third-order valence-electron chi connectivity index (χ3n) is 1.79. The van der Waals surface area contributed by atoms with Crippen molar-refractivity contribution >= 4 is 17.0 Å². The highest BCUT2D eigenvalue weighted by Crippen LogP contribution is 2.20. The number of hydrogen-bond acceptors (Lipinski definition) is 2. The summed E-state index contributed by atoms with van der Waals surface area (Å²) in [4.78, 5) is 0. The molecule has 1 N–H and O–H groups in total. The Balaban J connectivity index is 2.64. The molecule has 0 aliphatic rings. The quantitative estimate of drug-likeness (QED) is 0.703. The number of anilines is 1. The average Bonchev–Trinajstić information content (AvgIpc) is 2.47. The summed E-state index contributed by atoms with van der Waals surface area (Å²) in [5.74, 6) is 2.71. The molecule has 1 heterocycles. The Kier molecular flexibility index (Phi) is 3.19. The summed E-state index contributed by atoms with van der Waals surface area (Å²) >= 11 is 1.70. The Hall–Kier alpha value is -0.940. The highest BCUT2D eigenvalue weighted by atomic mass is 32.1. The first-order valence-electron chi connectivity index (χ1n) is 4.03. The molecule has 1 aromatic heterocycles. The summed E-state index contributed by atoms with van der Waals surface area (Å²) in [5.41, 5.74) is 2.44. The molecule has 0 amide bonds. The van der Waals surface area contributed by atoms with Gasteiger partial charge >= 0.3 is 0 Å². The summed E-state index contributed by atoms with van der Waals surface area (Å²) in [6.45, 7) is 4.17. The zero-order valence-corrected chi connectivity index (χ0v) is 8.24. The van der Waals surface area contributed by atoms with Gasteiger partial charge < -0.3 is 5.32 Å². The van der Waals surface area contributed by atoms with E-state index in [0.717, 1.165) is 6.42 Å². The number of rotatable bonds is 3. The lowest BCUT2D eigenvalue weighted by Crippen LogP contribution is -2.15. The average molecular weight is 179 g/mol.